The van der Waals surface area contributed by atoms with Crippen LogP contribution in [0, 0.1) is 5.41 Å². The molecule has 2 aromatic heterocycles. The summed E-state index contributed by atoms with van der Waals surface area (Å²) < 4.78 is 2.31. The first kappa shape index (κ1) is 13.7. The first-order chi connectivity index (χ1) is 10.0. The van der Waals surface area contributed by atoms with E-state index in [1.807, 2.05) is 0 Å². The highest BCUT2D eigenvalue weighted by Crippen LogP contribution is 2.42. The molecule has 0 aromatic carbocycles. The van der Waals surface area contributed by atoms with Crippen LogP contribution in [0.2, 0.25) is 0 Å². The van der Waals surface area contributed by atoms with Crippen molar-refractivity contribution in [1.82, 2.24) is 14.3 Å². The Kier molecular flexibility index (Phi) is 3.14. The molecule has 1 aliphatic heterocycles. The van der Waals surface area contributed by atoms with Crippen LogP contribution in [0.4, 0.5) is 0 Å². The number of hydrogen-bond donors (Lipinski definition) is 1. The normalized spacial score (nSPS) is 26.5. The van der Waals surface area contributed by atoms with Crippen molar-refractivity contribution in [3.63, 3.8) is 0 Å². The smallest absolute Gasteiger partial charge is 0.194 e. The highest BCUT2D eigenvalue weighted by molar-refractivity contribution is 7.15. The van der Waals surface area contributed by atoms with Gasteiger partial charge in [-0.15, -0.1) is 11.3 Å². The first-order valence-electron chi connectivity index (χ1n) is 7.97. The first-order valence-corrected chi connectivity index (χ1v) is 8.85. The lowest BCUT2D eigenvalue weighted by Crippen LogP contribution is -2.52. The van der Waals surface area contributed by atoms with Crippen molar-refractivity contribution >= 4 is 16.3 Å². The molecule has 1 unspecified atom stereocenters. The van der Waals surface area contributed by atoms with Crippen LogP contribution >= 0.6 is 11.3 Å². The molecule has 2 aromatic rings. The number of fused-ring (bicyclic) bond motifs is 1. The van der Waals surface area contributed by atoms with Crippen molar-refractivity contribution in [2.75, 3.05) is 13.1 Å². The zero-order valence-electron chi connectivity index (χ0n) is 12.9. The molecule has 1 aliphatic carbocycles. The quantitative estimate of drug-likeness (QED) is 0.948. The number of aromatic nitrogens is 2. The number of thiazole rings is 1. The second-order valence-corrected chi connectivity index (χ2v) is 8.24. The van der Waals surface area contributed by atoms with Gasteiger partial charge in [0.2, 0.25) is 0 Å². The molecule has 5 heteroatoms. The molecule has 0 bridgehead atoms. The maximum Gasteiger partial charge on any atom is 0.194 e. The molecule has 0 spiro atoms. The van der Waals surface area contributed by atoms with E-state index in [1.165, 1.54) is 24.2 Å². The third-order valence-electron chi connectivity index (χ3n) is 5.12. The molecule has 2 aliphatic rings. The van der Waals surface area contributed by atoms with E-state index in [4.69, 9.17) is 10.7 Å². The predicted molar refractivity (Wildman–Crippen MR) is 86.7 cm³/mol. The number of nitrogens with zero attached hydrogens (tertiary/aromatic N) is 3. The lowest BCUT2D eigenvalue weighted by atomic mass is 9.79. The van der Waals surface area contributed by atoms with Gasteiger partial charge in [-0.2, -0.15) is 0 Å². The van der Waals surface area contributed by atoms with Gasteiger partial charge in [-0.1, -0.05) is 13.8 Å². The van der Waals surface area contributed by atoms with Gasteiger partial charge in [0.15, 0.2) is 4.96 Å². The summed E-state index contributed by atoms with van der Waals surface area (Å²) in [7, 11) is 0. The minimum absolute atomic E-state index is 0.205. The summed E-state index contributed by atoms with van der Waals surface area (Å²) in [5.74, 6) is 0.715. The average molecular weight is 304 g/mol. The summed E-state index contributed by atoms with van der Waals surface area (Å²) in [6.45, 7) is 7.78. The van der Waals surface area contributed by atoms with Crippen molar-refractivity contribution in [2.24, 2.45) is 11.1 Å². The van der Waals surface area contributed by atoms with Crippen LogP contribution in [0.5, 0.6) is 0 Å². The van der Waals surface area contributed by atoms with Gasteiger partial charge in [0.05, 0.1) is 11.4 Å². The largest absolute Gasteiger partial charge is 0.327 e. The highest BCUT2D eigenvalue weighted by atomic mass is 32.1. The number of likely N-dealkylation sites (tertiary alicyclic amines) is 1. The van der Waals surface area contributed by atoms with Gasteiger partial charge in [0, 0.05) is 43.2 Å². The van der Waals surface area contributed by atoms with Gasteiger partial charge in [-0.05, 0) is 24.7 Å². The summed E-state index contributed by atoms with van der Waals surface area (Å²) in [6.07, 6.45) is 5.90. The zero-order valence-corrected chi connectivity index (χ0v) is 13.7. The monoisotopic (exact) mass is 304 g/mol. The number of hydrogen-bond acceptors (Lipinski definition) is 4. The molecule has 4 nitrogen and oxygen atoms in total. The number of nitrogens with two attached hydrogens (primary N) is 1. The van der Waals surface area contributed by atoms with Gasteiger partial charge in [0.1, 0.15) is 0 Å². The topological polar surface area (TPSA) is 46.6 Å². The van der Waals surface area contributed by atoms with Crippen LogP contribution in [0.1, 0.15) is 50.4 Å². The fourth-order valence-electron chi connectivity index (χ4n) is 3.52. The Morgan fingerprint density at radius 1 is 1.38 bits per heavy atom. The standard InChI is InChI=1S/C16H24N4S/c1-16(2)10-19(6-5-13(16)17)9-12-14(11-3-4-11)18-15-20(12)7-8-21-15/h7-8,11,13H,3-6,9-10,17H2,1-2H3. The van der Waals surface area contributed by atoms with Gasteiger partial charge in [-0.3, -0.25) is 9.30 Å². The minimum Gasteiger partial charge on any atom is -0.327 e. The molecule has 114 valence electrons. The number of rotatable bonds is 3. The summed E-state index contributed by atoms with van der Waals surface area (Å²) in [6, 6.07) is 0.322. The van der Waals surface area contributed by atoms with Gasteiger partial charge >= 0.3 is 0 Å². The van der Waals surface area contributed by atoms with E-state index in [0.717, 1.165) is 31.0 Å². The Hall–Kier alpha value is -0.910. The molecule has 4 rings (SSSR count). The maximum absolute atomic E-state index is 6.27. The van der Waals surface area contributed by atoms with Crippen molar-refractivity contribution in [3.8, 4) is 0 Å². The molecule has 21 heavy (non-hydrogen) atoms. The third-order valence-corrected chi connectivity index (χ3v) is 5.88. The van der Waals surface area contributed by atoms with Crippen LogP contribution in [0.3, 0.4) is 0 Å². The summed E-state index contributed by atoms with van der Waals surface area (Å²) in [5, 5.41) is 2.14. The van der Waals surface area contributed by atoms with E-state index in [9.17, 15) is 0 Å². The highest BCUT2D eigenvalue weighted by Gasteiger charge is 2.35. The number of imidazole rings is 1. The van der Waals surface area contributed by atoms with Crippen molar-refractivity contribution < 1.29 is 0 Å². The molecule has 2 N–H and O–H groups in total. The van der Waals surface area contributed by atoms with E-state index in [-0.39, 0.29) is 5.41 Å². The molecule has 2 fully saturated rings. The summed E-state index contributed by atoms with van der Waals surface area (Å²) >= 11 is 1.74. The van der Waals surface area contributed by atoms with E-state index in [0.29, 0.717) is 12.0 Å². The van der Waals surface area contributed by atoms with Crippen LogP contribution in [0.15, 0.2) is 11.6 Å². The fraction of sp³-hybridized carbons (Fsp3) is 0.688. The molecule has 0 radical (unpaired) electrons. The van der Waals surface area contributed by atoms with Crippen molar-refractivity contribution in [3.05, 3.63) is 23.0 Å². The van der Waals surface area contributed by atoms with Crippen LogP contribution in [0.25, 0.3) is 4.96 Å². The van der Waals surface area contributed by atoms with E-state index in [2.05, 4.69) is 34.7 Å². The zero-order chi connectivity index (χ0) is 14.6. The molecule has 0 amide bonds. The lowest BCUT2D eigenvalue weighted by Gasteiger charge is -2.42. The minimum atomic E-state index is 0.205. The van der Waals surface area contributed by atoms with Crippen LogP contribution in [-0.4, -0.2) is 33.4 Å². The van der Waals surface area contributed by atoms with E-state index >= 15 is 0 Å². The predicted octanol–water partition coefficient (Wildman–Crippen LogP) is 2.83. The second-order valence-electron chi connectivity index (χ2n) is 7.37. The van der Waals surface area contributed by atoms with Crippen LogP contribution < -0.4 is 5.73 Å². The van der Waals surface area contributed by atoms with E-state index in [1.54, 1.807) is 11.3 Å². The molecular formula is C16H24N4S. The Labute approximate surface area is 130 Å². The van der Waals surface area contributed by atoms with Gasteiger partial charge in [0.25, 0.3) is 0 Å². The Balaban J connectivity index is 1.62. The lowest BCUT2D eigenvalue weighted by molar-refractivity contribution is 0.0885. The summed E-state index contributed by atoms with van der Waals surface area (Å²) in [5.41, 5.74) is 9.25. The Morgan fingerprint density at radius 2 is 2.19 bits per heavy atom. The third kappa shape index (κ3) is 2.41. The SMILES string of the molecule is CC1(C)CN(Cc2c(C3CC3)nc3sccn23)CCC1N. The van der Waals surface area contributed by atoms with Crippen molar-refractivity contribution in [1.29, 1.82) is 0 Å². The molecule has 1 saturated heterocycles. The van der Waals surface area contributed by atoms with Gasteiger partial charge in [-0.25, -0.2) is 4.98 Å². The van der Waals surface area contributed by atoms with Crippen molar-refractivity contribution in [2.45, 2.75) is 51.6 Å². The number of piperidine rings is 1. The molecule has 1 saturated carbocycles. The van der Waals surface area contributed by atoms with E-state index < -0.39 is 0 Å². The van der Waals surface area contributed by atoms with Crippen LogP contribution in [-0.2, 0) is 6.54 Å². The molecule has 1 atom stereocenters. The molecule has 3 heterocycles. The Morgan fingerprint density at radius 3 is 2.90 bits per heavy atom. The fourth-order valence-corrected chi connectivity index (χ4v) is 4.26. The molecular weight excluding hydrogens is 280 g/mol. The Bertz CT molecular complexity index is 652. The average Bonchev–Trinajstić information content (AvgIpc) is 3.07. The second kappa shape index (κ2) is 4.80. The summed E-state index contributed by atoms with van der Waals surface area (Å²) in [4.78, 5) is 8.60. The van der Waals surface area contributed by atoms with Gasteiger partial charge < -0.3 is 5.73 Å². The maximum atomic E-state index is 6.27.